The van der Waals surface area contributed by atoms with Gasteiger partial charge in [-0.1, -0.05) is 6.07 Å². The van der Waals surface area contributed by atoms with Crippen molar-refractivity contribution in [2.75, 3.05) is 18.4 Å². The average molecular weight is 360 g/mol. The van der Waals surface area contributed by atoms with Crippen LogP contribution in [-0.4, -0.2) is 33.9 Å². The van der Waals surface area contributed by atoms with Gasteiger partial charge in [0.2, 0.25) is 5.88 Å². The summed E-state index contributed by atoms with van der Waals surface area (Å²) in [6.07, 6.45) is 5.47. The third-order valence-electron chi connectivity index (χ3n) is 4.40. The van der Waals surface area contributed by atoms with Crippen LogP contribution in [0.4, 0.5) is 11.5 Å². The molecule has 0 saturated carbocycles. The van der Waals surface area contributed by atoms with Crippen LogP contribution in [0.5, 0.6) is 11.6 Å². The van der Waals surface area contributed by atoms with Crippen LogP contribution in [0.15, 0.2) is 67.0 Å². The van der Waals surface area contributed by atoms with Crippen LogP contribution in [0, 0.1) is 0 Å². The van der Waals surface area contributed by atoms with Gasteiger partial charge < -0.3 is 15.0 Å². The molecule has 2 aromatic heterocycles. The van der Waals surface area contributed by atoms with Crippen LogP contribution < -0.4 is 10.1 Å². The monoisotopic (exact) mass is 360 g/mol. The summed E-state index contributed by atoms with van der Waals surface area (Å²) in [4.78, 5) is 23.1. The van der Waals surface area contributed by atoms with Gasteiger partial charge in [0.05, 0.1) is 0 Å². The van der Waals surface area contributed by atoms with Gasteiger partial charge in [-0.05, 0) is 61.4 Å². The molecule has 1 aromatic carbocycles. The number of carbonyl (C=O) groups is 1. The van der Waals surface area contributed by atoms with Crippen LogP contribution >= 0.6 is 0 Å². The van der Waals surface area contributed by atoms with E-state index in [1.807, 2.05) is 47.4 Å². The van der Waals surface area contributed by atoms with E-state index in [0.717, 1.165) is 37.4 Å². The Bertz CT molecular complexity index is 907. The lowest BCUT2D eigenvalue weighted by molar-refractivity contribution is 0.0789. The number of likely N-dealkylation sites (tertiary alicyclic amines) is 1. The Labute approximate surface area is 157 Å². The van der Waals surface area contributed by atoms with Gasteiger partial charge in [-0.15, -0.1) is 0 Å². The van der Waals surface area contributed by atoms with E-state index in [-0.39, 0.29) is 5.91 Å². The molecule has 1 fully saturated rings. The first-order valence-electron chi connectivity index (χ1n) is 9.00. The van der Waals surface area contributed by atoms with Crippen LogP contribution in [0.25, 0.3) is 0 Å². The average Bonchev–Trinajstić information content (AvgIpc) is 3.25. The SMILES string of the molecule is O=C(c1cccnc1Oc1ccc(Nc2ccccn2)cc1)N1CCCC1. The van der Waals surface area contributed by atoms with Gasteiger partial charge in [-0.2, -0.15) is 0 Å². The van der Waals surface area contributed by atoms with E-state index in [1.54, 1.807) is 24.5 Å². The predicted octanol–water partition coefficient (Wildman–Crippen LogP) is 4.25. The molecular formula is C21H20N4O2. The van der Waals surface area contributed by atoms with Crippen LogP contribution in [-0.2, 0) is 0 Å². The second-order valence-corrected chi connectivity index (χ2v) is 6.32. The summed E-state index contributed by atoms with van der Waals surface area (Å²) in [6, 6.07) is 16.7. The van der Waals surface area contributed by atoms with Crippen LogP contribution in [0.2, 0.25) is 0 Å². The molecule has 0 aliphatic carbocycles. The Morgan fingerprint density at radius 2 is 1.70 bits per heavy atom. The minimum atomic E-state index is -0.0240. The highest BCUT2D eigenvalue weighted by Crippen LogP contribution is 2.26. The van der Waals surface area contributed by atoms with Crippen molar-refractivity contribution >= 4 is 17.4 Å². The molecule has 1 amide bonds. The minimum absolute atomic E-state index is 0.0240. The molecule has 1 saturated heterocycles. The van der Waals surface area contributed by atoms with E-state index in [1.165, 1.54) is 0 Å². The zero-order chi connectivity index (χ0) is 18.5. The first-order chi connectivity index (χ1) is 13.3. The van der Waals surface area contributed by atoms with Gasteiger partial charge in [-0.3, -0.25) is 4.79 Å². The molecule has 3 heterocycles. The van der Waals surface area contributed by atoms with Crippen molar-refractivity contribution < 1.29 is 9.53 Å². The smallest absolute Gasteiger partial charge is 0.259 e. The van der Waals surface area contributed by atoms with Gasteiger partial charge in [0, 0.05) is 31.2 Å². The summed E-state index contributed by atoms with van der Waals surface area (Å²) in [7, 11) is 0. The highest BCUT2D eigenvalue weighted by molar-refractivity contribution is 5.96. The third-order valence-corrected chi connectivity index (χ3v) is 4.40. The van der Waals surface area contributed by atoms with Gasteiger partial charge in [-0.25, -0.2) is 9.97 Å². The van der Waals surface area contributed by atoms with Gasteiger partial charge in [0.15, 0.2) is 0 Å². The summed E-state index contributed by atoms with van der Waals surface area (Å²) in [6.45, 7) is 1.59. The quantitative estimate of drug-likeness (QED) is 0.737. The Kier molecular flexibility index (Phi) is 4.96. The summed E-state index contributed by atoms with van der Waals surface area (Å²) >= 11 is 0. The normalized spacial score (nSPS) is 13.4. The number of amides is 1. The fourth-order valence-electron chi connectivity index (χ4n) is 3.03. The molecule has 0 spiro atoms. The number of aromatic nitrogens is 2. The Morgan fingerprint density at radius 3 is 2.44 bits per heavy atom. The highest BCUT2D eigenvalue weighted by Gasteiger charge is 2.23. The van der Waals surface area contributed by atoms with Gasteiger partial charge in [0.25, 0.3) is 5.91 Å². The molecular weight excluding hydrogens is 340 g/mol. The number of benzene rings is 1. The number of hydrogen-bond acceptors (Lipinski definition) is 5. The van der Waals surface area contributed by atoms with E-state index in [0.29, 0.717) is 17.2 Å². The van der Waals surface area contributed by atoms with E-state index in [4.69, 9.17) is 4.74 Å². The minimum Gasteiger partial charge on any atom is -0.438 e. The zero-order valence-corrected chi connectivity index (χ0v) is 14.8. The van der Waals surface area contributed by atoms with E-state index in [9.17, 15) is 4.79 Å². The lowest BCUT2D eigenvalue weighted by atomic mass is 10.2. The van der Waals surface area contributed by atoms with Crippen molar-refractivity contribution in [2.24, 2.45) is 0 Å². The maximum absolute atomic E-state index is 12.7. The molecule has 1 N–H and O–H groups in total. The Balaban J connectivity index is 1.48. The standard InChI is InChI=1S/C21H20N4O2/c26-21(25-14-3-4-15-25)18-6-5-13-23-20(18)27-17-10-8-16(9-11-17)24-19-7-1-2-12-22-19/h1-2,5-13H,3-4,14-15H2,(H,22,24). The Hall–Kier alpha value is -3.41. The second kappa shape index (κ2) is 7.86. The number of nitrogens with one attached hydrogen (secondary N) is 1. The molecule has 6 heteroatoms. The number of carbonyl (C=O) groups excluding carboxylic acids is 1. The summed E-state index contributed by atoms with van der Waals surface area (Å²) in [5, 5.41) is 3.22. The molecule has 3 aromatic rings. The Morgan fingerprint density at radius 1 is 0.926 bits per heavy atom. The van der Waals surface area contributed by atoms with Gasteiger partial charge in [0.1, 0.15) is 17.1 Å². The van der Waals surface area contributed by atoms with E-state index < -0.39 is 0 Å². The number of nitrogens with zero attached hydrogens (tertiary/aromatic N) is 3. The van der Waals surface area contributed by atoms with Crippen molar-refractivity contribution in [3.05, 3.63) is 72.6 Å². The summed E-state index contributed by atoms with van der Waals surface area (Å²) < 4.78 is 5.89. The largest absolute Gasteiger partial charge is 0.438 e. The molecule has 0 radical (unpaired) electrons. The number of hydrogen-bond donors (Lipinski definition) is 1. The maximum Gasteiger partial charge on any atom is 0.259 e. The maximum atomic E-state index is 12.7. The summed E-state index contributed by atoms with van der Waals surface area (Å²) in [5.41, 5.74) is 1.39. The molecule has 6 nitrogen and oxygen atoms in total. The third kappa shape index (κ3) is 4.06. The first-order valence-corrected chi connectivity index (χ1v) is 9.00. The lowest BCUT2D eigenvalue weighted by Crippen LogP contribution is -2.28. The summed E-state index contributed by atoms with van der Waals surface area (Å²) in [5.74, 6) is 1.70. The molecule has 0 atom stereocenters. The second-order valence-electron chi connectivity index (χ2n) is 6.32. The zero-order valence-electron chi connectivity index (χ0n) is 14.8. The molecule has 1 aliphatic heterocycles. The predicted molar refractivity (Wildman–Crippen MR) is 103 cm³/mol. The van der Waals surface area contributed by atoms with Crippen LogP contribution in [0.1, 0.15) is 23.2 Å². The van der Waals surface area contributed by atoms with Crippen molar-refractivity contribution in [2.45, 2.75) is 12.8 Å². The van der Waals surface area contributed by atoms with E-state index in [2.05, 4.69) is 15.3 Å². The fourth-order valence-corrected chi connectivity index (χ4v) is 3.03. The molecule has 136 valence electrons. The molecule has 0 unspecified atom stereocenters. The fraction of sp³-hybridized carbons (Fsp3) is 0.190. The first kappa shape index (κ1) is 17.0. The van der Waals surface area contributed by atoms with Crippen molar-refractivity contribution in [1.82, 2.24) is 14.9 Å². The molecule has 1 aliphatic rings. The van der Waals surface area contributed by atoms with E-state index >= 15 is 0 Å². The van der Waals surface area contributed by atoms with Gasteiger partial charge >= 0.3 is 0 Å². The molecule has 4 rings (SSSR count). The molecule has 27 heavy (non-hydrogen) atoms. The number of ether oxygens (including phenoxy) is 1. The highest BCUT2D eigenvalue weighted by atomic mass is 16.5. The van der Waals surface area contributed by atoms with Crippen molar-refractivity contribution in [3.63, 3.8) is 0 Å². The van der Waals surface area contributed by atoms with Crippen molar-refractivity contribution in [3.8, 4) is 11.6 Å². The van der Waals surface area contributed by atoms with Crippen LogP contribution in [0.3, 0.4) is 0 Å². The number of pyridine rings is 2. The van der Waals surface area contributed by atoms with Crippen molar-refractivity contribution in [1.29, 1.82) is 0 Å². The number of anilines is 2. The molecule has 0 bridgehead atoms. The lowest BCUT2D eigenvalue weighted by Gasteiger charge is -2.17. The number of rotatable bonds is 5. The topological polar surface area (TPSA) is 67.3 Å².